The summed E-state index contributed by atoms with van der Waals surface area (Å²) in [6.45, 7) is 0. The summed E-state index contributed by atoms with van der Waals surface area (Å²) in [5.74, 6) is -2.66. The van der Waals surface area contributed by atoms with Crippen molar-refractivity contribution in [3.63, 3.8) is 0 Å². The summed E-state index contributed by atoms with van der Waals surface area (Å²) in [5.41, 5.74) is 0.445. The number of hydrogen-bond acceptors (Lipinski definition) is 3. The third kappa shape index (κ3) is 3.42. The molecule has 0 bridgehead atoms. The lowest BCUT2D eigenvalue weighted by molar-refractivity contribution is -0.113. The molecule has 1 aliphatic rings. The first-order valence-electron chi connectivity index (χ1n) is 9.40. The van der Waals surface area contributed by atoms with Crippen LogP contribution in [0, 0.1) is 23.0 Å². The zero-order valence-electron chi connectivity index (χ0n) is 16.6. The molecule has 1 N–H and O–H groups in total. The first-order valence-corrected chi connectivity index (χ1v) is 7.90. The molecule has 0 aromatic heterocycles. The molecule has 0 radical (unpaired) electrons. The van der Waals surface area contributed by atoms with E-state index in [9.17, 15) is 13.6 Å². The summed E-state index contributed by atoms with van der Waals surface area (Å²) >= 11 is 0. The molecule has 2 aromatic rings. The number of nitrogens with one attached hydrogen (secondary N) is 1. The van der Waals surface area contributed by atoms with Crippen molar-refractivity contribution in [2.45, 2.75) is 19.3 Å². The van der Waals surface area contributed by atoms with Crippen LogP contribution in [-0.4, -0.2) is 12.9 Å². The Bertz CT molecular complexity index is 1020. The molecule has 1 aliphatic carbocycles. The normalized spacial score (nSPS) is 15.7. The fourth-order valence-corrected chi connectivity index (χ4v) is 2.91. The standard InChI is InChI=1S/C20H16F2N2O2/c1-26-15-6-2-4-12(8-15)14-9-17(21)19(18(22)10-14)24-20(25)16-7-3-5-13(16)11-23/h2,4,6,8-10H,3,5,7H2,1H3,(H,24,25)/i1D3. The van der Waals surface area contributed by atoms with Crippen molar-refractivity contribution in [3.8, 4) is 22.9 Å². The largest absolute Gasteiger partial charge is 0.497 e. The third-order valence-corrected chi connectivity index (χ3v) is 4.19. The fourth-order valence-electron chi connectivity index (χ4n) is 2.91. The van der Waals surface area contributed by atoms with Crippen LogP contribution in [0.5, 0.6) is 5.75 Å². The maximum Gasteiger partial charge on any atom is 0.252 e. The van der Waals surface area contributed by atoms with Crippen molar-refractivity contribution in [2.24, 2.45) is 0 Å². The van der Waals surface area contributed by atoms with Gasteiger partial charge in [-0.15, -0.1) is 0 Å². The smallest absolute Gasteiger partial charge is 0.252 e. The van der Waals surface area contributed by atoms with E-state index in [0.29, 0.717) is 30.4 Å². The topological polar surface area (TPSA) is 62.1 Å². The van der Waals surface area contributed by atoms with Crippen LogP contribution in [-0.2, 0) is 4.79 Å². The van der Waals surface area contributed by atoms with Gasteiger partial charge in [0.15, 0.2) is 0 Å². The molecule has 132 valence electrons. The van der Waals surface area contributed by atoms with Crippen LogP contribution in [0.1, 0.15) is 23.4 Å². The first kappa shape index (κ1) is 14.0. The van der Waals surface area contributed by atoms with Crippen LogP contribution in [0.25, 0.3) is 11.1 Å². The Kier molecular flexibility index (Phi) is 3.97. The average molecular weight is 357 g/mol. The minimum Gasteiger partial charge on any atom is -0.497 e. The lowest BCUT2D eigenvalue weighted by Gasteiger charge is -2.11. The lowest BCUT2D eigenvalue weighted by Crippen LogP contribution is -2.16. The van der Waals surface area contributed by atoms with E-state index in [1.54, 1.807) is 6.07 Å². The van der Waals surface area contributed by atoms with Gasteiger partial charge in [0.1, 0.15) is 23.1 Å². The van der Waals surface area contributed by atoms with E-state index in [4.69, 9.17) is 14.1 Å². The molecule has 0 fully saturated rings. The predicted octanol–water partition coefficient (Wildman–Crippen LogP) is 4.58. The van der Waals surface area contributed by atoms with Gasteiger partial charge < -0.3 is 10.1 Å². The molecular weight excluding hydrogens is 338 g/mol. The van der Waals surface area contributed by atoms with Crippen molar-refractivity contribution >= 4 is 11.6 Å². The van der Waals surface area contributed by atoms with E-state index in [1.165, 1.54) is 18.2 Å². The van der Waals surface area contributed by atoms with Crippen molar-refractivity contribution in [1.82, 2.24) is 0 Å². The molecule has 0 saturated heterocycles. The number of carbonyl (C=O) groups is 1. The molecular formula is C20H16F2N2O2. The Labute approximate surface area is 153 Å². The Morgan fingerprint density at radius 3 is 2.69 bits per heavy atom. The Morgan fingerprint density at radius 1 is 1.23 bits per heavy atom. The number of carbonyl (C=O) groups excluding carboxylic acids is 1. The molecule has 0 atom stereocenters. The van der Waals surface area contributed by atoms with Crippen molar-refractivity contribution < 1.29 is 22.4 Å². The molecule has 0 unspecified atom stereocenters. The number of methoxy groups -OCH3 is 1. The van der Waals surface area contributed by atoms with Gasteiger partial charge in [-0.05, 0) is 54.7 Å². The van der Waals surface area contributed by atoms with Crippen molar-refractivity contribution in [3.05, 3.63) is 59.2 Å². The highest BCUT2D eigenvalue weighted by Crippen LogP contribution is 2.31. The minimum atomic E-state index is -2.65. The van der Waals surface area contributed by atoms with E-state index >= 15 is 0 Å². The van der Waals surface area contributed by atoms with Crippen LogP contribution in [0.3, 0.4) is 0 Å². The Balaban J connectivity index is 1.88. The number of halogens is 2. The van der Waals surface area contributed by atoms with Gasteiger partial charge in [0.2, 0.25) is 0 Å². The van der Waals surface area contributed by atoms with Crippen LogP contribution >= 0.6 is 0 Å². The quantitative estimate of drug-likeness (QED) is 0.871. The van der Waals surface area contributed by atoms with Crippen LogP contribution in [0.15, 0.2) is 47.5 Å². The van der Waals surface area contributed by atoms with Gasteiger partial charge >= 0.3 is 0 Å². The second-order valence-corrected chi connectivity index (χ2v) is 5.82. The van der Waals surface area contributed by atoms with E-state index in [2.05, 4.69) is 5.32 Å². The molecule has 2 aromatic carbocycles. The van der Waals surface area contributed by atoms with Crippen LogP contribution in [0.2, 0.25) is 0 Å². The van der Waals surface area contributed by atoms with Gasteiger partial charge in [-0.3, -0.25) is 4.79 Å². The molecule has 26 heavy (non-hydrogen) atoms. The van der Waals surface area contributed by atoms with E-state index < -0.39 is 30.3 Å². The molecule has 6 heteroatoms. The van der Waals surface area contributed by atoms with E-state index in [1.807, 2.05) is 6.07 Å². The summed E-state index contributed by atoms with van der Waals surface area (Å²) in [7, 11) is -2.65. The zero-order valence-corrected chi connectivity index (χ0v) is 13.6. The molecule has 1 amide bonds. The molecule has 3 rings (SSSR count). The molecule has 4 nitrogen and oxygen atoms in total. The predicted molar refractivity (Wildman–Crippen MR) is 93.5 cm³/mol. The number of nitriles is 1. The van der Waals surface area contributed by atoms with Crippen LogP contribution < -0.4 is 10.1 Å². The number of anilines is 1. The van der Waals surface area contributed by atoms with Gasteiger partial charge in [-0.1, -0.05) is 12.1 Å². The molecule has 0 aliphatic heterocycles. The summed E-state index contributed by atoms with van der Waals surface area (Å²) in [5, 5.41) is 11.2. The van der Waals surface area contributed by atoms with E-state index in [0.717, 1.165) is 12.1 Å². The number of allylic oxidation sites excluding steroid dienone is 1. The number of benzene rings is 2. The number of rotatable bonds is 4. The van der Waals surface area contributed by atoms with Gasteiger partial charge in [-0.25, -0.2) is 8.78 Å². The van der Waals surface area contributed by atoms with Crippen LogP contribution in [0.4, 0.5) is 14.5 Å². The second-order valence-electron chi connectivity index (χ2n) is 5.82. The molecule has 0 heterocycles. The first-order chi connectivity index (χ1) is 13.7. The number of nitrogens with zero attached hydrogens (tertiary/aromatic N) is 1. The summed E-state index contributed by atoms with van der Waals surface area (Å²) in [4.78, 5) is 12.3. The highest BCUT2D eigenvalue weighted by Gasteiger charge is 2.23. The number of hydrogen-bond donors (Lipinski definition) is 1. The number of amides is 1. The minimum absolute atomic E-state index is 0.0258. The maximum atomic E-state index is 14.5. The van der Waals surface area contributed by atoms with Crippen molar-refractivity contribution in [1.29, 1.82) is 5.26 Å². The summed E-state index contributed by atoms with van der Waals surface area (Å²) < 4.78 is 55.3. The highest BCUT2D eigenvalue weighted by atomic mass is 19.1. The monoisotopic (exact) mass is 357 g/mol. The summed E-state index contributed by atoms with van der Waals surface area (Å²) in [6, 6.07) is 9.81. The van der Waals surface area contributed by atoms with Gasteiger partial charge in [0.05, 0.1) is 17.2 Å². The average Bonchev–Trinajstić information content (AvgIpc) is 3.12. The Hall–Kier alpha value is -3.20. The van der Waals surface area contributed by atoms with Gasteiger partial charge in [0.25, 0.3) is 5.91 Å². The lowest BCUT2D eigenvalue weighted by atomic mass is 10.0. The van der Waals surface area contributed by atoms with Gasteiger partial charge in [0, 0.05) is 11.1 Å². The molecule has 0 saturated carbocycles. The SMILES string of the molecule is [2H]C([2H])([2H])Oc1cccc(-c2cc(F)c(NC(=O)C3=C(C#N)CCC3)c(F)c2)c1. The Morgan fingerprint density at radius 2 is 2.00 bits per heavy atom. The summed E-state index contributed by atoms with van der Waals surface area (Å²) in [6.07, 6.45) is 1.49. The van der Waals surface area contributed by atoms with Gasteiger partial charge in [-0.2, -0.15) is 5.26 Å². The van der Waals surface area contributed by atoms with E-state index in [-0.39, 0.29) is 16.9 Å². The maximum absolute atomic E-state index is 14.5. The van der Waals surface area contributed by atoms with Crippen molar-refractivity contribution in [2.75, 3.05) is 12.4 Å². The zero-order chi connectivity index (χ0) is 21.2. The fraction of sp³-hybridized carbons (Fsp3) is 0.200. The number of ether oxygens (including phenoxy) is 1. The second kappa shape index (κ2) is 7.36. The molecule has 0 spiro atoms. The third-order valence-electron chi connectivity index (χ3n) is 4.19. The highest BCUT2D eigenvalue weighted by molar-refractivity contribution is 6.05.